The predicted octanol–water partition coefficient (Wildman–Crippen LogP) is 0.695. The van der Waals surface area contributed by atoms with Crippen molar-refractivity contribution in [1.29, 1.82) is 0 Å². The molecule has 3 heteroatoms. The van der Waals surface area contributed by atoms with Gasteiger partial charge in [0.05, 0.1) is 7.11 Å². The van der Waals surface area contributed by atoms with Crippen LogP contribution in [0.3, 0.4) is 0 Å². The molecule has 10 heavy (non-hydrogen) atoms. The molecule has 0 heterocycles. The number of ketones is 1. The predicted molar refractivity (Wildman–Crippen MR) is 36.5 cm³/mol. The highest BCUT2D eigenvalue weighted by Crippen LogP contribution is 1.95. The summed E-state index contributed by atoms with van der Waals surface area (Å²) in [5.74, 6) is -0.792. The number of rotatable bonds is 3. The first kappa shape index (κ1) is 8.88. The second-order valence-electron chi connectivity index (χ2n) is 1.96. The van der Waals surface area contributed by atoms with Crippen molar-refractivity contribution in [1.82, 2.24) is 0 Å². The maximum atomic E-state index is 10.7. The molecule has 0 saturated heterocycles. The molecule has 0 aromatic rings. The van der Waals surface area contributed by atoms with Crippen molar-refractivity contribution < 1.29 is 14.3 Å². The van der Waals surface area contributed by atoms with E-state index in [1.807, 2.05) is 0 Å². The Morgan fingerprint density at radius 2 is 2.00 bits per heavy atom. The summed E-state index contributed by atoms with van der Waals surface area (Å²) in [6.07, 6.45) is -0.203. The molecule has 56 valence electrons. The first-order valence-corrected chi connectivity index (χ1v) is 2.83. The third-order valence-electron chi connectivity index (χ3n) is 1.01. The van der Waals surface area contributed by atoms with Crippen LogP contribution in [0, 0.1) is 0 Å². The lowest BCUT2D eigenvalue weighted by Crippen LogP contribution is -2.09. The zero-order valence-corrected chi connectivity index (χ0v) is 6.14. The maximum Gasteiger partial charge on any atom is 0.313 e. The van der Waals surface area contributed by atoms with Gasteiger partial charge in [-0.25, -0.2) is 0 Å². The van der Waals surface area contributed by atoms with Gasteiger partial charge in [-0.15, -0.1) is 0 Å². The molecule has 0 radical (unpaired) electrons. The summed E-state index contributed by atoms with van der Waals surface area (Å²) in [5, 5.41) is 0. The summed E-state index contributed by atoms with van der Waals surface area (Å²) in [5.41, 5.74) is 0.380. The van der Waals surface area contributed by atoms with Crippen LogP contribution in [-0.2, 0) is 14.3 Å². The fraction of sp³-hybridized carbons (Fsp3) is 0.429. The summed E-state index contributed by atoms with van der Waals surface area (Å²) in [4.78, 5) is 21.2. The number of carbonyl (C=O) groups is 2. The Morgan fingerprint density at radius 1 is 1.50 bits per heavy atom. The second-order valence-corrected chi connectivity index (χ2v) is 1.96. The summed E-state index contributed by atoms with van der Waals surface area (Å²) in [6.45, 7) is 4.95. The van der Waals surface area contributed by atoms with Crippen LogP contribution in [0.15, 0.2) is 12.2 Å². The number of allylic oxidation sites excluding steroid dienone is 1. The van der Waals surface area contributed by atoms with Crippen molar-refractivity contribution in [3.8, 4) is 0 Å². The molecular weight excluding hydrogens is 132 g/mol. The molecule has 0 rings (SSSR count). The summed E-state index contributed by atoms with van der Waals surface area (Å²) in [7, 11) is 1.24. The molecule has 0 aliphatic rings. The smallest absolute Gasteiger partial charge is 0.313 e. The van der Waals surface area contributed by atoms with E-state index in [0.29, 0.717) is 5.57 Å². The number of Topliss-reactive ketones (excluding diaryl/α,β-unsaturated/α-hetero) is 1. The molecule has 0 spiro atoms. The van der Waals surface area contributed by atoms with Crippen LogP contribution in [0.4, 0.5) is 0 Å². The average Bonchev–Trinajstić information content (AvgIpc) is 1.87. The number of ether oxygens (including phenoxy) is 1. The number of carbonyl (C=O) groups excluding carboxylic acids is 2. The van der Waals surface area contributed by atoms with E-state index in [0.717, 1.165) is 0 Å². The lowest BCUT2D eigenvalue weighted by atomic mass is 10.2. The zero-order chi connectivity index (χ0) is 8.15. The van der Waals surface area contributed by atoms with Crippen LogP contribution < -0.4 is 0 Å². The van der Waals surface area contributed by atoms with Gasteiger partial charge in [0.25, 0.3) is 0 Å². The molecular formula is C7H10O3. The van der Waals surface area contributed by atoms with Crippen molar-refractivity contribution in [3.63, 3.8) is 0 Å². The first-order chi connectivity index (χ1) is 4.57. The van der Waals surface area contributed by atoms with Gasteiger partial charge in [0, 0.05) is 0 Å². The molecule has 0 aliphatic carbocycles. The molecule has 0 aliphatic heterocycles. The van der Waals surface area contributed by atoms with Crippen molar-refractivity contribution in [2.75, 3.05) is 7.11 Å². The Hall–Kier alpha value is -1.12. The second kappa shape index (κ2) is 3.82. The minimum Gasteiger partial charge on any atom is -0.469 e. The van der Waals surface area contributed by atoms with Gasteiger partial charge in [-0.05, 0) is 12.5 Å². The molecule has 3 nitrogen and oxygen atoms in total. The first-order valence-electron chi connectivity index (χ1n) is 2.83. The van der Waals surface area contributed by atoms with Crippen molar-refractivity contribution in [2.24, 2.45) is 0 Å². The number of esters is 1. The Bertz CT molecular complexity index is 170. The molecule has 0 fully saturated rings. The van der Waals surface area contributed by atoms with Crippen molar-refractivity contribution in [2.45, 2.75) is 13.3 Å². The van der Waals surface area contributed by atoms with Gasteiger partial charge in [-0.1, -0.05) is 6.58 Å². The maximum absolute atomic E-state index is 10.7. The number of hydrogen-bond donors (Lipinski definition) is 0. The summed E-state index contributed by atoms with van der Waals surface area (Å²) in [6, 6.07) is 0. The third kappa shape index (κ3) is 3.02. The molecule has 0 aromatic carbocycles. The zero-order valence-electron chi connectivity index (χ0n) is 6.14. The normalized spacial score (nSPS) is 8.60. The highest BCUT2D eigenvalue weighted by molar-refractivity contribution is 6.04. The minimum atomic E-state index is -0.520. The van der Waals surface area contributed by atoms with E-state index in [-0.39, 0.29) is 12.2 Å². The van der Waals surface area contributed by atoms with E-state index in [9.17, 15) is 9.59 Å². The van der Waals surface area contributed by atoms with E-state index < -0.39 is 5.97 Å². The van der Waals surface area contributed by atoms with E-state index in [1.54, 1.807) is 6.92 Å². The van der Waals surface area contributed by atoms with Crippen LogP contribution in [0.5, 0.6) is 0 Å². The molecule has 0 N–H and O–H groups in total. The standard InChI is InChI=1S/C7H10O3/c1-5(2)6(8)4-7(9)10-3/h1,4H2,2-3H3. The Kier molecular flexibility index (Phi) is 3.39. The van der Waals surface area contributed by atoms with Gasteiger partial charge in [0.2, 0.25) is 0 Å². The quantitative estimate of drug-likeness (QED) is 0.331. The van der Waals surface area contributed by atoms with Gasteiger partial charge in [-0.3, -0.25) is 9.59 Å². The Labute approximate surface area is 59.7 Å². The van der Waals surface area contributed by atoms with Gasteiger partial charge < -0.3 is 4.74 Å². The van der Waals surface area contributed by atoms with Gasteiger partial charge in [0.15, 0.2) is 5.78 Å². The Morgan fingerprint density at radius 3 is 2.30 bits per heavy atom. The van der Waals surface area contributed by atoms with Crippen LogP contribution in [-0.4, -0.2) is 18.9 Å². The molecule has 0 amide bonds. The SMILES string of the molecule is C=C(C)C(=O)CC(=O)OC. The minimum absolute atomic E-state index is 0.203. The van der Waals surface area contributed by atoms with Crippen molar-refractivity contribution >= 4 is 11.8 Å². The summed E-state index contributed by atoms with van der Waals surface area (Å²) >= 11 is 0. The molecule has 0 aromatic heterocycles. The van der Waals surface area contributed by atoms with Crippen molar-refractivity contribution in [3.05, 3.63) is 12.2 Å². The molecule has 0 atom stereocenters. The van der Waals surface area contributed by atoms with Gasteiger partial charge in [0.1, 0.15) is 6.42 Å². The fourth-order valence-electron chi connectivity index (χ4n) is 0.354. The highest BCUT2D eigenvalue weighted by Gasteiger charge is 2.08. The number of hydrogen-bond acceptors (Lipinski definition) is 3. The van der Waals surface area contributed by atoms with Crippen LogP contribution >= 0.6 is 0 Å². The van der Waals surface area contributed by atoms with Crippen LogP contribution in [0.1, 0.15) is 13.3 Å². The lowest BCUT2D eigenvalue weighted by molar-refractivity contribution is -0.142. The van der Waals surface area contributed by atoms with E-state index in [4.69, 9.17) is 0 Å². The number of methoxy groups -OCH3 is 1. The van der Waals surface area contributed by atoms with Gasteiger partial charge in [-0.2, -0.15) is 0 Å². The van der Waals surface area contributed by atoms with Crippen LogP contribution in [0.2, 0.25) is 0 Å². The Balaban J connectivity index is 3.80. The monoisotopic (exact) mass is 142 g/mol. The average molecular weight is 142 g/mol. The largest absolute Gasteiger partial charge is 0.469 e. The van der Waals surface area contributed by atoms with Gasteiger partial charge >= 0.3 is 5.97 Å². The van der Waals surface area contributed by atoms with E-state index >= 15 is 0 Å². The molecule has 0 unspecified atom stereocenters. The summed E-state index contributed by atoms with van der Waals surface area (Å²) < 4.78 is 4.27. The highest BCUT2D eigenvalue weighted by atomic mass is 16.5. The molecule has 0 bridgehead atoms. The topological polar surface area (TPSA) is 43.4 Å². The fourth-order valence-corrected chi connectivity index (χ4v) is 0.354. The van der Waals surface area contributed by atoms with E-state index in [2.05, 4.69) is 11.3 Å². The lowest BCUT2D eigenvalue weighted by Gasteiger charge is -1.96. The van der Waals surface area contributed by atoms with Crippen LogP contribution in [0.25, 0.3) is 0 Å². The third-order valence-corrected chi connectivity index (χ3v) is 1.01. The van der Waals surface area contributed by atoms with E-state index in [1.165, 1.54) is 7.11 Å². The molecule has 0 saturated carbocycles.